The Morgan fingerprint density at radius 2 is 0.739 bits per heavy atom. The SMILES string of the molecule is CC(=O)O[C@H]([C@H](OC(C)=O)[C@H](OC(C)=O)[C@H](CCCCCCCCCCCCCCCC(=O)N[C@@H](CCCN)C(=O)O)OC(C)=O)[C@@H](OC(C)=O)[C@H](CCCC(=O)N[C@H](C(=O)O)C(C)C)OC(C)=O. The smallest absolute Gasteiger partial charge is 0.326 e. The van der Waals surface area contributed by atoms with Gasteiger partial charge < -0.3 is 55.0 Å². The molecule has 0 fully saturated rings. The van der Waals surface area contributed by atoms with Gasteiger partial charge in [-0.1, -0.05) is 84.5 Å². The van der Waals surface area contributed by atoms with E-state index in [1.165, 1.54) is 0 Å². The summed E-state index contributed by atoms with van der Waals surface area (Å²) in [4.78, 5) is 124. The third-order valence-electron chi connectivity index (χ3n) is 10.9. The van der Waals surface area contributed by atoms with Crippen LogP contribution in [0.2, 0.25) is 0 Å². The third kappa shape index (κ3) is 30.7. The van der Waals surface area contributed by atoms with Crippen LogP contribution in [-0.4, -0.2) is 125 Å². The van der Waals surface area contributed by atoms with Crippen molar-refractivity contribution < 1.29 is 86.6 Å². The first-order chi connectivity index (χ1) is 32.5. The van der Waals surface area contributed by atoms with E-state index in [1.807, 2.05) is 0 Å². The molecule has 0 aromatic carbocycles. The van der Waals surface area contributed by atoms with Crippen molar-refractivity contribution in [2.75, 3.05) is 6.54 Å². The fourth-order valence-corrected chi connectivity index (χ4v) is 7.77. The summed E-state index contributed by atoms with van der Waals surface area (Å²) in [7, 11) is 0. The molecule has 6 N–H and O–H groups in total. The number of esters is 6. The van der Waals surface area contributed by atoms with Gasteiger partial charge in [-0.25, -0.2) is 9.59 Å². The van der Waals surface area contributed by atoms with Crippen molar-refractivity contribution in [1.82, 2.24) is 10.6 Å². The second-order valence-electron chi connectivity index (χ2n) is 17.6. The first kappa shape index (κ1) is 63.7. The summed E-state index contributed by atoms with van der Waals surface area (Å²) in [5.41, 5.74) is 5.45. The van der Waals surface area contributed by atoms with Crippen molar-refractivity contribution >= 4 is 59.6 Å². The molecule has 0 saturated heterocycles. The Labute approximate surface area is 406 Å². The summed E-state index contributed by atoms with van der Waals surface area (Å²) in [5.74, 6) is -9.05. The van der Waals surface area contributed by atoms with Gasteiger partial charge in [-0.2, -0.15) is 0 Å². The highest BCUT2D eigenvalue weighted by Gasteiger charge is 2.50. The highest BCUT2D eigenvalue weighted by atomic mass is 16.6. The second-order valence-corrected chi connectivity index (χ2v) is 17.6. The minimum Gasteiger partial charge on any atom is -0.480 e. The molecule has 69 heavy (non-hydrogen) atoms. The van der Waals surface area contributed by atoms with E-state index < -0.39 is 108 Å². The summed E-state index contributed by atoms with van der Waals surface area (Å²) < 4.78 is 33.8. The third-order valence-corrected chi connectivity index (χ3v) is 10.9. The molecule has 0 aliphatic heterocycles. The molecule has 396 valence electrons. The lowest BCUT2D eigenvalue weighted by Gasteiger charge is -2.40. The number of aliphatic carboxylic acids is 2. The van der Waals surface area contributed by atoms with Crippen molar-refractivity contribution in [2.45, 2.75) is 233 Å². The van der Waals surface area contributed by atoms with Crippen LogP contribution < -0.4 is 16.4 Å². The van der Waals surface area contributed by atoms with Crippen molar-refractivity contribution in [3.63, 3.8) is 0 Å². The maximum Gasteiger partial charge on any atom is 0.326 e. The molecule has 0 bridgehead atoms. The molecule has 0 radical (unpaired) electrons. The molecule has 8 atom stereocenters. The monoisotopic (exact) mass is 988 g/mol. The average molecular weight is 988 g/mol. The Bertz CT molecular complexity index is 1620. The van der Waals surface area contributed by atoms with E-state index in [4.69, 9.17) is 34.2 Å². The fraction of sp³-hybridized carbons (Fsp3) is 0.792. The van der Waals surface area contributed by atoms with Gasteiger partial charge in [-0.3, -0.25) is 38.4 Å². The number of rotatable bonds is 39. The fourth-order valence-electron chi connectivity index (χ4n) is 7.77. The van der Waals surface area contributed by atoms with Gasteiger partial charge in [-0.15, -0.1) is 0 Å². The van der Waals surface area contributed by atoms with Gasteiger partial charge in [0.15, 0.2) is 24.4 Å². The number of carboxylic acids is 2. The Kier molecular flexibility index (Phi) is 33.8. The number of nitrogens with one attached hydrogen (secondary N) is 2. The molecular formula is C48H81N3O18. The minimum absolute atomic E-state index is 0.0674. The second kappa shape index (κ2) is 36.6. The predicted octanol–water partition coefficient (Wildman–Crippen LogP) is 5.13. The van der Waals surface area contributed by atoms with E-state index in [9.17, 15) is 58.2 Å². The number of carbonyl (C=O) groups is 10. The van der Waals surface area contributed by atoms with Crippen LogP contribution in [0.3, 0.4) is 0 Å². The molecule has 0 saturated carbocycles. The zero-order chi connectivity index (χ0) is 52.5. The van der Waals surface area contributed by atoms with Crippen LogP contribution in [-0.2, 0) is 76.4 Å². The lowest BCUT2D eigenvalue weighted by atomic mass is 9.91. The van der Waals surface area contributed by atoms with Crippen LogP contribution in [0.25, 0.3) is 0 Å². The standard InChI is InChI=1S/C48H81N3O18/c1-30(2)42(48(62)63)51-41(59)28-22-26-39(65-32(4)53)44(67-34(6)55)46(69-36(8)57)45(68-35(7)56)43(66-33(5)54)38(64-31(3)52)25-20-18-16-14-12-10-9-11-13-15-17-19-21-27-40(58)50-37(47(60)61)24-23-29-49/h30,37-39,42-46H,9-29,49H2,1-8H3,(H,50,58)(H,51,59)(H,60,61)(H,62,63)/t37-,38-,39-,42-,43+,44-,45+,46-/m0/s1. The van der Waals surface area contributed by atoms with Crippen molar-refractivity contribution in [2.24, 2.45) is 11.7 Å². The molecule has 21 heteroatoms. The van der Waals surface area contributed by atoms with Crippen LogP contribution in [0.4, 0.5) is 0 Å². The van der Waals surface area contributed by atoms with Gasteiger partial charge in [0.25, 0.3) is 0 Å². The predicted molar refractivity (Wildman–Crippen MR) is 249 cm³/mol. The molecule has 21 nitrogen and oxygen atoms in total. The Morgan fingerprint density at radius 1 is 0.406 bits per heavy atom. The van der Waals surface area contributed by atoms with E-state index in [2.05, 4.69) is 10.6 Å². The van der Waals surface area contributed by atoms with Gasteiger partial charge in [0.05, 0.1) is 0 Å². The topological polar surface area (TPSA) is 317 Å². The molecule has 0 aliphatic carbocycles. The summed E-state index contributed by atoms with van der Waals surface area (Å²) >= 11 is 0. The lowest BCUT2D eigenvalue weighted by molar-refractivity contribution is -0.219. The van der Waals surface area contributed by atoms with Crippen LogP contribution in [0, 0.1) is 5.92 Å². The average Bonchev–Trinajstić information content (AvgIpc) is 3.23. The normalized spacial score (nSPS) is 14.6. The Morgan fingerprint density at radius 3 is 1.09 bits per heavy atom. The largest absolute Gasteiger partial charge is 0.480 e. The lowest BCUT2D eigenvalue weighted by Crippen LogP contribution is -2.58. The first-order valence-corrected chi connectivity index (χ1v) is 24.3. The summed E-state index contributed by atoms with van der Waals surface area (Å²) in [5, 5.41) is 23.8. The summed E-state index contributed by atoms with van der Waals surface area (Å²) in [6, 6.07) is -2.09. The highest BCUT2D eigenvalue weighted by Crippen LogP contribution is 2.29. The van der Waals surface area contributed by atoms with Gasteiger partial charge >= 0.3 is 47.8 Å². The van der Waals surface area contributed by atoms with E-state index >= 15 is 0 Å². The molecule has 0 unspecified atom stereocenters. The Balaban J connectivity index is 5.82. The number of nitrogens with two attached hydrogens (primary N) is 1. The molecule has 0 spiro atoms. The number of unbranched alkanes of at least 4 members (excludes halogenated alkanes) is 12. The van der Waals surface area contributed by atoms with E-state index in [-0.39, 0.29) is 38.0 Å². The van der Waals surface area contributed by atoms with Crippen molar-refractivity contribution in [3.8, 4) is 0 Å². The van der Waals surface area contributed by atoms with Crippen LogP contribution in [0.15, 0.2) is 0 Å². The zero-order valence-electron chi connectivity index (χ0n) is 42.0. The highest BCUT2D eigenvalue weighted by molar-refractivity contribution is 5.84. The summed E-state index contributed by atoms with van der Waals surface area (Å²) in [6.07, 6.45) is 2.59. The number of hydrogen-bond donors (Lipinski definition) is 5. The first-order valence-electron chi connectivity index (χ1n) is 24.3. The zero-order valence-corrected chi connectivity index (χ0v) is 42.0. The van der Waals surface area contributed by atoms with Gasteiger partial charge in [0.2, 0.25) is 11.8 Å². The quantitative estimate of drug-likeness (QED) is 0.0303. The van der Waals surface area contributed by atoms with E-state index in [1.54, 1.807) is 13.8 Å². The van der Waals surface area contributed by atoms with E-state index in [0.29, 0.717) is 38.6 Å². The molecular weight excluding hydrogens is 907 g/mol. The molecule has 0 aromatic rings. The number of ether oxygens (including phenoxy) is 6. The van der Waals surface area contributed by atoms with Crippen molar-refractivity contribution in [1.29, 1.82) is 0 Å². The van der Waals surface area contributed by atoms with Crippen molar-refractivity contribution in [3.05, 3.63) is 0 Å². The Hall–Kier alpha value is -5.34. The van der Waals surface area contributed by atoms with Crippen LogP contribution >= 0.6 is 0 Å². The summed E-state index contributed by atoms with van der Waals surface area (Å²) in [6.45, 7) is 9.89. The number of carbonyl (C=O) groups excluding carboxylic acids is 8. The van der Waals surface area contributed by atoms with E-state index in [0.717, 1.165) is 106 Å². The van der Waals surface area contributed by atoms with Crippen LogP contribution in [0.5, 0.6) is 0 Å². The van der Waals surface area contributed by atoms with Crippen LogP contribution in [0.1, 0.15) is 184 Å². The maximum atomic E-state index is 12.8. The molecule has 2 amide bonds. The van der Waals surface area contributed by atoms with Gasteiger partial charge in [0.1, 0.15) is 24.3 Å². The molecule has 0 rings (SSSR count). The number of carboxylic acid groups (broad SMARTS) is 2. The number of amides is 2. The number of hydrogen-bond acceptors (Lipinski definition) is 17. The van der Waals surface area contributed by atoms with Gasteiger partial charge in [-0.05, 0) is 57.4 Å². The molecule has 0 aromatic heterocycles. The van der Waals surface area contributed by atoms with Gasteiger partial charge in [0, 0.05) is 54.4 Å². The maximum absolute atomic E-state index is 12.8. The molecule has 0 aliphatic rings. The minimum atomic E-state index is -1.85. The molecule has 0 heterocycles.